The Hall–Kier alpha value is -3.91. The molecule has 0 bridgehead atoms. The molecule has 0 aliphatic carbocycles. The molecule has 15 heteroatoms. The third kappa shape index (κ3) is 8.54. The molecule has 0 atom stereocenters. The summed E-state index contributed by atoms with van der Waals surface area (Å²) in [5.41, 5.74) is 1.73. The van der Waals surface area contributed by atoms with Crippen LogP contribution in [0.25, 0.3) is 0 Å². The van der Waals surface area contributed by atoms with Crippen LogP contribution in [0.3, 0.4) is 0 Å². The predicted octanol–water partition coefficient (Wildman–Crippen LogP) is 4.30. The van der Waals surface area contributed by atoms with E-state index in [0.29, 0.717) is 51.3 Å². The van der Waals surface area contributed by atoms with E-state index in [-0.39, 0.29) is 23.9 Å². The Morgan fingerprint density at radius 1 is 1.10 bits per heavy atom. The number of aliphatic carboxylic acids is 1. The maximum atomic E-state index is 14.0. The van der Waals surface area contributed by atoms with Gasteiger partial charge in [0.1, 0.15) is 11.9 Å². The smallest absolute Gasteiger partial charge is 0.487 e. The van der Waals surface area contributed by atoms with E-state index in [1.807, 2.05) is 13.8 Å². The number of carboxylic acids is 1. The van der Waals surface area contributed by atoms with Crippen molar-refractivity contribution in [1.29, 1.82) is 0 Å². The summed E-state index contributed by atoms with van der Waals surface area (Å²) in [4.78, 5) is 36.7. The molecule has 0 radical (unpaired) electrons. The number of amides is 2. The van der Waals surface area contributed by atoms with Crippen LogP contribution in [0.4, 0.5) is 38.4 Å². The van der Waals surface area contributed by atoms with Crippen LogP contribution in [0.15, 0.2) is 18.2 Å². The normalized spacial score (nSPS) is 15.6. The molecule has 0 unspecified atom stereocenters. The zero-order valence-corrected chi connectivity index (χ0v) is 23.1. The molecule has 1 saturated heterocycles. The van der Waals surface area contributed by atoms with Gasteiger partial charge in [0.15, 0.2) is 23.2 Å². The second kappa shape index (κ2) is 13.2. The van der Waals surface area contributed by atoms with Crippen molar-refractivity contribution < 1.29 is 41.4 Å². The minimum atomic E-state index is -5.08. The zero-order valence-electron chi connectivity index (χ0n) is 23.1. The van der Waals surface area contributed by atoms with Crippen molar-refractivity contribution in [1.82, 2.24) is 19.8 Å². The van der Waals surface area contributed by atoms with Crippen LogP contribution < -0.4 is 15.0 Å². The van der Waals surface area contributed by atoms with Crippen LogP contribution in [0.5, 0.6) is 5.75 Å². The summed E-state index contributed by atoms with van der Waals surface area (Å²) in [5.74, 6) is -2.48. The summed E-state index contributed by atoms with van der Waals surface area (Å²) in [6.07, 6.45) is -3.22. The van der Waals surface area contributed by atoms with Gasteiger partial charge in [-0.2, -0.15) is 13.2 Å². The van der Waals surface area contributed by atoms with E-state index < -0.39 is 23.8 Å². The lowest BCUT2D eigenvalue weighted by Crippen LogP contribution is -2.43. The second-order valence-corrected chi connectivity index (χ2v) is 10.1. The first-order chi connectivity index (χ1) is 19.1. The fourth-order valence-corrected chi connectivity index (χ4v) is 4.29. The zero-order chi connectivity index (χ0) is 30.5. The summed E-state index contributed by atoms with van der Waals surface area (Å²) >= 11 is 0. The van der Waals surface area contributed by atoms with Crippen LogP contribution in [0.2, 0.25) is 0 Å². The molecule has 2 amide bonds. The molecule has 4 rings (SSSR count). The van der Waals surface area contributed by atoms with Gasteiger partial charge in [0.25, 0.3) is 0 Å². The first-order valence-corrected chi connectivity index (χ1v) is 12.9. The summed E-state index contributed by atoms with van der Waals surface area (Å²) in [6, 6.07) is 3.50. The van der Waals surface area contributed by atoms with Crippen molar-refractivity contribution >= 4 is 23.6 Å². The maximum absolute atomic E-state index is 14.0. The van der Waals surface area contributed by atoms with Gasteiger partial charge in [0.2, 0.25) is 0 Å². The third-order valence-electron chi connectivity index (χ3n) is 6.24. The van der Waals surface area contributed by atoms with E-state index in [0.717, 1.165) is 23.3 Å². The molecule has 226 valence electrons. The molecule has 1 fully saturated rings. The van der Waals surface area contributed by atoms with Crippen molar-refractivity contribution in [3.63, 3.8) is 0 Å². The fraction of sp³-hybridized carbons (Fsp3) is 0.538. The van der Waals surface area contributed by atoms with Gasteiger partial charge in [-0.3, -0.25) is 0 Å². The summed E-state index contributed by atoms with van der Waals surface area (Å²) < 4.78 is 64.7. The maximum Gasteiger partial charge on any atom is 0.490 e. The molecule has 1 aromatic carbocycles. The number of ether oxygens (including phenoxy) is 1. The van der Waals surface area contributed by atoms with Crippen molar-refractivity contribution in [3.05, 3.63) is 41.2 Å². The highest BCUT2D eigenvalue weighted by atomic mass is 19.4. The largest absolute Gasteiger partial charge is 0.490 e. The Labute approximate surface area is 234 Å². The van der Waals surface area contributed by atoms with Gasteiger partial charge in [-0.25, -0.2) is 28.3 Å². The molecule has 41 heavy (non-hydrogen) atoms. The number of aromatic nitrogens is 2. The predicted molar refractivity (Wildman–Crippen MR) is 140 cm³/mol. The lowest BCUT2D eigenvalue weighted by Gasteiger charge is -2.35. The SMILES string of the molecule is CC(C)Nc1nc2c(nc1N1CCC(Oc3ccc(F)cc3F)CC1)CCN(C(=O)N(C)C)C2.O=C(O)C(F)(F)F. The average molecular weight is 589 g/mol. The van der Waals surface area contributed by atoms with Crippen molar-refractivity contribution in [2.45, 2.75) is 58.0 Å². The number of carboxylic acid groups (broad SMARTS) is 1. The van der Waals surface area contributed by atoms with Gasteiger partial charge in [-0.1, -0.05) is 0 Å². The highest BCUT2D eigenvalue weighted by Crippen LogP contribution is 2.31. The van der Waals surface area contributed by atoms with E-state index in [9.17, 15) is 26.7 Å². The molecule has 2 aliphatic rings. The number of halogens is 5. The average Bonchev–Trinajstić information content (AvgIpc) is 2.89. The fourth-order valence-electron chi connectivity index (χ4n) is 4.29. The van der Waals surface area contributed by atoms with Crippen LogP contribution in [-0.4, -0.2) is 88.9 Å². The Morgan fingerprint density at radius 3 is 2.27 bits per heavy atom. The molecule has 2 aromatic rings. The lowest BCUT2D eigenvalue weighted by molar-refractivity contribution is -0.192. The Kier molecular flexibility index (Phi) is 10.2. The minimum absolute atomic E-state index is 0.0328. The highest BCUT2D eigenvalue weighted by Gasteiger charge is 2.38. The highest BCUT2D eigenvalue weighted by molar-refractivity contribution is 5.74. The molecule has 0 spiro atoms. The van der Waals surface area contributed by atoms with E-state index in [1.54, 1.807) is 23.9 Å². The first kappa shape index (κ1) is 31.6. The van der Waals surface area contributed by atoms with E-state index >= 15 is 0 Å². The van der Waals surface area contributed by atoms with Gasteiger partial charge < -0.3 is 29.9 Å². The Bertz CT molecular complexity index is 1240. The van der Waals surface area contributed by atoms with Gasteiger partial charge in [0, 0.05) is 65.1 Å². The number of fused-ring (bicyclic) bond motifs is 1. The standard InChI is InChI=1S/C24H32F2N6O2.C2HF3O2/c1-15(2)27-22-23(29-19-9-12-32(14-20(19)28-22)24(33)30(3)4)31-10-7-17(8-11-31)34-21-6-5-16(25)13-18(21)26;3-2(4,5)1(6)7/h5-6,13,15,17H,7-12,14H2,1-4H3,(H,27,28);(H,6,7). The molecule has 0 saturated carbocycles. The molecule has 2 aliphatic heterocycles. The van der Waals surface area contributed by atoms with E-state index in [4.69, 9.17) is 24.6 Å². The quantitative estimate of drug-likeness (QED) is 0.498. The summed E-state index contributed by atoms with van der Waals surface area (Å²) in [5, 5.41) is 10.5. The number of carbonyl (C=O) groups is 2. The summed E-state index contributed by atoms with van der Waals surface area (Å²) in [6.45, 7) is 6.49. The monoisotopic (exact) mass is 588 g/mol. The molecule has 3 heterocycles. The number of benzene rings is 1. The first-order valence-electron chi connectivity index (χ1n) is 12.9. The van der Waals surface area contributed by atoms with Crippen LogP contribution >= 0.6 is 0 Å². The van der Waals surface area contributed by atoms with E-state index in [2.05, 4.69) is 10.2 Å². The molecule has 10 nitrogen and oxygen atoms in total. The van der Waals surface area contributed by atoms with Gasteiger partial charge in [0.05, 0.1) is 17.9 Å². The van der Waals surface area contributed by atoms with Crippen molar-refractivity contribution in [2.24, 2.45) is 0 Å². The van der Waals surface area contributed by atoms with Crippen LogP contribution in [0.1, 0.15) is 38.1 Å². The molecule has 2 N–H and O–H groups in total. The van der Waals surface area contributed by atoms with Gasteiger partial charge in [-0.05, 0) is 26.0 Å². The number of urea groups is 1. The molecule has 1 aromatic heterocycles. The number of hydrogen-bond acceptors (Lipinski definition) is 7. The van der Waals surface area contributed by atoms with Crippen molar-refractivity contribution in [2.75, 3.05) is 43.9 Å². The topological polar surface area (TPSA) is 111 Å². The Balaban J connectivity index is 0.000000587. The van der Waals surface area contributed by atoms with Crippen LogP contribution in [-0.2, 0) is 17.8 Å². The molecular formula is C26H33F5N6O4. The summed E-state index contributed by atoms with van der Waals surface area (Å²) in [7, 11) is 3.49. The number of anilines is 2. The van der Waals surface area contributed by atoms with Gasteiger partial charge >= 0.3 is 18.2 Å². The number of carbonyl (C=O) groups excluding carboxylic acids is 1. The third-order valence-corrected chi connectivity index (χ3v) is 6.24. The van der Waals surface area contributed by atoms with Crippen molar-refractivity contribution in [3.8, 4) is 5.75 Å². The van der Waals surface area contributed by atoms with Crippen LogP contribution in [0, 0.1) is 11.6 Å². The van der Waals surface area contributed by atoms with E-state index in [1.165, 1.54) is 12.1 Å². The number of nitrogens with one attached hydrogen (secondary N) is 1. The van der Waals surface area contributed by atoms with Gasteiger partial charge in [-0.15, -0.1) is 0 Å². The lowest BCUT2D eigenvalue weighted by atomic mass is 10.1. The number of alkyl halides is 3. The number of piperidine rings is 1. The second-order valence-electron chi connectivity index (χ2n) is 10.1. The Morgan fingerprint density at radius 2 is 1.73 bits per heavy atom. The number of hydrogen-bond donors (Lipinski definition) is 2. The molecular weight excluding hydrogens is 555 g/mol. The minimum Gasteiger partial charge on any atom is -0.487 e. The number of nitrogens with zero attached hydrogens (tertiary/aromatic N) is 5. The number of rotatable bonds is 5.